The number of likely N-dealkylation sites (tertiary alicyclic amines) is 2. The Bertz CT molecular complexity index is 2160. The Morgan fingerprint density at radius 3 is 0.804 bits per heavy atom. The lowest BCUT2D eigenvalue weighted by Crippen LogP contribution is -2.35. The predicted octanol–water partition coefficient (Wildman–Crippen LogP) is 12.8. The van der Waals surface area contributed by atoms with Gasteiger partial charge in [-0.05, 0) is 91.0 Å². The van der Waals surface area contributed by atoms with E-state index in [2.05, 4.69) is 186 Å². The molecule has 8 aromatic rings. The summed E-state index contributed by atoms with van der Waals surface area (Å²) in [6.07, 6.45) is 4.28. The second kappa shape index (κ2) is 12.8. The molecule has 2 heterocycles. The molecular weight excluding hydrogens is 617 g/mol. The molecule has 51 heavy (non-hydrogen) atoms. The number of fused-ring (bicyclic) bond motifs is 4. The highest BCUT2D eigenvalue weighted by Gasteiger charge is 2.44. The smallest absolute Gasteiger partial charge is 0.148 e. The first-order valence-electron chi connectivity index (χ1n) is 18.6. The number of nitrogens with zero attached hydrogens (tertiary/aromatic N) is 2. The van der Waals surface area contributed by atoms with Crippen molar-refractivity contribution in [1.29, 1.82) is 0 Å². The van der Waals surface area contributed by atoms with Crippen LogP contribution in [0.5, 0.6) is 0 Å². The predicted molar refractivity (Wildman–Crippen MR) is 212 cm³/mol. The molecule has 0 amide bonds. The largest absolute Gasteiger partial charge is 0.265 e. The van der Waals surface area contributed by atoms with E-state index in [1.807, 2.05) is 0 Å². The molecule has 0 N–H and O–H groups in total. The molecule has 2 saturated heterocycles. The number of rotatable bonds is 6. The summed E-state index contributed by atoms with van der Waals surface area (Å²) in [4.78, 5) is 5.29. The lowest BCUT2D eigenvalue weighted by atomic mass is 9.96. The maximum absolute atomic E-state index is 4.30. The summed E-state index contributed by atoms with van der Waals surface area (Å²) in [6, 6.07) is 63.8. The molecule has 0 aromatic heterocycles. The maximum Gasteiger partial charge on any atom is 0.148 e. The highest BCUT2D eigenvalue weighted by molar-refractivity contribution is 5.89. The summed E-state index contributed by atoms with van der Waals surface area (Å²) >= 11 is 0. The van der Waals surface area contributed by atoms with E-state index in [0.29, 0.717) is 0 Å². The van der Waals surface area contributed by atoms with Crippen molar-refractivity contribution in [2.75, 3.05) is 0 Å². The van der Waals surface area contributed by atoms with Crippen molar-refractivity contribution in [3.63, 3.8) is 0 Å². The molecule has 4 atom stereocenters. The second-order valence-electron chi connectivity index (χ2n) is 14.4. The molecule has 2 aliphatic heterocycles. The van der Waals surface area contributed by atoms with Crippen molar-refractivity contribution >= 4 is 43.1 Å². The van der Waals surface area contributed by atoms with Gasteiger partial charge in [0.15, 0.2) is 0 Å². The zero-order chi connectivity index (χ0) is 33.7. The first-order chi connectivity index (χ1) is 25.3. The number of benzene rings is 8. The van der Waals surface area contributed by atoms with Gasteiger partial charge >= 0.3 is 0 Å². The maximum atomic E-state index is 4.30. The summed E-state index contributed by atoms with van der Waals surface area (Å²) in [6.45, 7) is 4.30. The Hall–Kier alpha value is -5.28. The van der Waals surface area contributed by atoms with Crippen LogP contribution >= 0.6 is 0 Å². The minimum absolute atomic E-state index is 0.196. The van der Waals surface area contributed by atoms with Gasteiger partial charge in [-0.2, -0.15) is 0 Å². The SMILES string of the molecule is [C](N1C(c2cccc3ccccc23)CC[C@@H]1c1cccc2ccccc12)N1[C@@H](c2cccc3ccccc23)CC[C@@H]1c1cccc2ccccc12. The average molecular weight is 657 g/mol. The van der Waals surface area contributed by atoms with Crippen LogP contribution in [0.2, 0.25) is 0 Å². The summed E-state index contributed by atoms with van der Waals surface area (Å²) < 4.78 is 0. The quantitative estimate of drug-likeness (QED) is 0.176. The molecular formula is C49H40N2. The van der Waals surface area contributed by atoms with Crippen molar-refractivity contribution in [3.8, 4) is 0 Å². The first kappa shape index (κ1) is 30.5. The molecule has 0 bridgehead atoms. The fourth-order valence-electron chi connectivity index (χ4n) is 9.42. The Morgan fingerprint density at radius 2 is 0.529 bits per heavy atom. The van der Waals surface area contributed by atoms with Gasteiger partial charge in [-0.15, -0.1) is 0 Å². The van der Waals surface area contributed by atoms with E-state index in [1.54, 1.807) is 0 Å². The third-order valence-electron chi connectivity index (χ3n) is 11.7. The van der Waals surface area contributed by atoms with Gasteiger partial charge in [-0.1, -0.05) is 170 Å². The molecule has 2 radical (unpaired) electrons. The summed E-state index contributed by atoms with van der Waals surface area (Å²) in [5.41, 5.74) is 5.58. The molecule has 8 aromatic carbocycles. The fraction of sp³-hybridized carbons (Fsp3) is 0.163. The standard InChI is InChI=1S/C49H40N2/c1-5-21-38-34(13-1)17-9-25-42(38)46-29-30-47(43-26-10-18-35-14-2-6-22-39(35)43)50(46)33-51-48(44-27-11-19-36-15-3-7-23-40(36)44)31-32-49(51)45-28-12-20-37-16-4-8-24-41(37)45/h1-28,46-49H,29-32H2/t46-,47-,48-,49?/m1/s1. The van der Waals surface area contributed by atoms with Crippen molar-refractivity contribution in [3.05, 3.63) is 199 Å². The van der Waals surface area contributed by atoms with E-state index in [0.717, 1.165) is 25.7 Å². The van der Waals surface area contributed by atoms with E-state index >= 15 is 0 Å². The van der Waals surface area contributed by atoms with Crippen molar-refractivity contribution in [2.45, 2.75) is 49.9 Å². The zero-order valence-electron chi connectivity index (χ0n) is 28.7. The van der Waals surface area contributed by atoms with Crippen LogP contribution in [0.3, 0.4) is 0 Å². The van der Waals surface area contributed by atoms with E-state index in [9.17, 15) is 0 Å². The number of hydrogen-bond acceptors (Lipinski definition) is 2. The molecule has 10 rings (SSSR count). The molecule has 0 saturated carbocycles. The molecule has 246 valence electrons. The fourth-order valence-corrected chi connectivity index (χ4v) is 9.42. The van der Waals surface area contributed by atoms with E-state index in [-0.39, 0.29) is 24.2 Å². The minimum atomic E-state index is 0.196. The summed E-state index contributed by atoms with van der Waals surface area (Å²) in [7, 11) is 0. The van der Waals surface area contributed by atoms with Crippen molar-refractivity contribution < 1.29 is 0 Å². The van der Waals surface area contributed by atoms with Crippen LogP contribution in [0.25, 0.3) is 43.1 Å². The molecule has 0 aliphatic carbocycles. The van der Waals surface area contributed by atoms with Crippen LogP contribution in [0.1, 0.15) is 72.1 Å². The average Bonchev–Trinajstić information content (AvgIpc) is 3.81. The molecule has 0 spiro atoms. The summed E-state index contributed by atoms with van der Waals surface area (Å²) in [5, 5.41) is 10.6. The van der Waals surface area contributed by atoms with Crippen LogP contribution in [-0.2, 0) is 0 Å². The molecule has 2 aliphatic rings. The van der Waals surface area contributed by atoms with Gasteiger partial charge in [-0.25, -0.2) is 0 Å². The Kier molecular flexibility index (Phi) is 7.66. The highest BCUT2D eigenvalue weighted by Crippen LogP contribution is 2.53. The molecule has 1 unspecified atom stereocenters. The Labute approximate surface area is 300 Å². The highest BCUT2D eigenvalue weighted by atomic mass is 15.4. The van der Waals surface area contributed by atoms with Crippen LogP contribution in [0.4, 0.5) is 0 Å². The topological polar surface area (TPSA) is 6.48 Å². The van der Waals surface area contributed by atoms with Gasteiger partial charge in [0.25, 0.3) is 0 Å². The van der Waals surface area contributed by atoms with E-state index < -0.39 is 0 Å². The first-order valence-corrected chi connectivity index (χ1v) is 18.6. The van der Waals surface area contributed by atoms with Gasteiger partial charge < -0.3 is 0 Å². The van der Waals surface area contributed by atoms with Crippen molar-refractivity contribution in [1.82, 2.24) is 9.80 Å². The number of hydrogen-bond donors (Lipinski definition) is 0. The van der Waals surface area contributed by atoms with Gasteiger partial charge in [0.2, 0.25) is 0 Å². The van der Waals surface area contributed by atoms with Gasteiger partial charge in [0.05, 0.1) is 0 Å². The van der Waals surface area contributed by atoms with Crippen LogP contribution in [0, 0.1) is 6.67 Å². The third-order valence-corrected chi connectivity index (χ3v) is 11.7. The normalized spacial score (nSPS) is 21.3. The summed E-state index contributed by atoms with van der Waals surface area (Å²) in [5.74, 6) is 0. The molecule has 2 heteroatoms. The zero-order valence-corrected chi connectivity index (χ0v) is 28.7. The third kappa shape index (κ3) is 5.25. The van der Waals surface area contributed by atoms with Gasteiger partial charge in [0.1, 0.15) is 6.67 Å². The minimum Gasteiger partial charge on any atom is -0.265 e. The molecule has 2 fully saturated rings. The van der Waals surface area contributed by atoms with Crippen molar-refractivity contribution in [2.24, 2.45) is 0 Å². The lowest BCUT2D eigenvalue weighted by molar-refractivity contribution is 0.114. The molecule has 2 nitrogen and oxygen atoms in total. The Balaban J connectivity index is 1.16. The van der Waals surface area contributed by atoms with Crippen LogP contribution in [-0.4, -0.2) is 9.80 Å². The Morgan fingerprint density at radius 1 is 0.294 bits per heavy atom. The van der Waals surface area contributed by atoms with Gasteiger partial charge in [0, 0.05) is 24.2 Å². The second-order valence-corrected chi connectivity index (χ2v) is 14.4. The van der Waals surface area contributed by atoms with Crippen LogP contribution < -0.4 is 0 Å². The van der Waals surface area contributed by atoms with E-state index in [1.165, 1.54) is 65.3 Å². The monoisotopic (exact) mass is 656 g/mol. The van der Waals surface area contributed by atoms with E-state index in [4.69, 9.17) is 0 Å². The van der Waals surface area contributed by atoms with Gasteiger partial charge in [-0.3, -0.25) is 9.80 Å². The van der Waals surface area contributed by atoms with Crippen LogP contribution in [0.15, 0.2) is 170 Å². The lowest BCUT2D eigenvalue weighted by Gasteiger charge is -2.39.